The summed E-state index contributed by atoms with van der Waals surface area (Å²) in [6, 6.07) is 9.55. The Hall–Kier alpha value is -1.82. The van der Waals surface area contributed by atoms with Crippen molar-refractivity contribution >= 4 is 5.78 Å². The van der Waals surface area contributed by atoms with Crippen molar-refractivity contribution in [2.75, 3.05) is 7.11 Å². The van der Waals surface area contributed by atoms with Crippen LogP contribution in [0.15, 0.2) is 24.3 Å². The number of nitrogens with zero attached hydrogens (tertiary/aromatic N) is 1. The second-order valence-electron chi connectivity index (χ2n) is 5.84. The van der Waals surface area contributed by atoms with E-state index in [4.69, 9.17) is 4.74 Å². The molecule has 3 atom stereocenters. The van der Waals surface area contributed by atoms with E-state index in [9.17, 15) is 10.1 Å². The van der Waals surface area contributed by atoms with Crippen LogP contribution in [-0.4, -0.2) is 12.9 Å². The van der Waals surface area contributed by atoms with Gasteiger partial charge < -0.3 is 4.74 Å². The monoisotopic (exact) mass is 269 g/mol. The van der Waals surface area contributed by atoms with Gasteiger partial charge in [0.2, 0.25) is 0 Å². The van der Waals surface area contributed by atoms with Crippen molar-refractivity contribution in [1.82, 2.24) is 0 Å². The molecule has 3 nitrogen and oxygen atoms in total. The van der Waals surface area contributed by atoms with Crippen molar-refractivity contribution in [3.8, 4) is 11.8 Å². The van der Waals surface area contributed by atoms with Crippen LogP contribution in [0.3, 0.4) is 0 Å². The first-order valence-corrected chi connectivity index (χ1v) is 7.34. The summed E-state index contributed by atoms with van der Waals surface area (Å²) in [7, 11) is 1.58. The van der Waals surface area contributed by atoms with Crippen LogP contribution in [0, 0.1) is 29.1 Å². The van der Waals surface area contributed by atoms with Crippen molar-refractivity contribution in [3.63, 3.8) is 0 Å². The highest BCUT2D eigenvalue weighted by Gasteiger charge is 2.56. The maximum Gasteiger partial charge on any atom is 0.158 e. The Labute approximate surface area is 119 Å². The molecule has 2 fully saturated rings. The smallest absolute Gasteiger partial charge is 0.158 e. The van der Waals surface area contributed by atoms with E-state index in [1.807, 2.05) is 24.3 Å². The number of carbonyl (C=O) groups excluding carboxylic acids is 1. The molecule has 2 saturated carbocycles. The molecule has 3 unspecified atom stereocenters. The molecule has 20 heavy (non-hydrogen) atoms. The van der Waals surface area contributed by atoms with E-state index in [1.165, 1.54) is 12.8 Å². The Balaban J connectivity index is 1.84. The Morgan fingerprint density at radius 1 is 1.30 bits per heavy atom. The Bertz CT molecular complexity index is 548. The highest BCUT2D eigenvalue weighted by molar-refractivity contribution is 5.93. The molecule has 2 aliphatic rings. The number of ketones is 1. The Morgan fingerprint density at radius 3 is 2.55 bits per heavy atom. The first-order chi connectivity index (χ1) is 9.77. The van der Waals surface area contributed by atoms with Gasteiger partial charge in [-0.05, 0) is 30.7 Å². The summed E-state index contributed by atoms with van der Waals surface area (Å²) in [5.74, 6) is 1.27. The molecule has 0 aromatic heterocycles. The van der Waals surface area contributed by atoms with Crippen LogP contribution >= 0.6 is 0 Å². The number of nitriles is 1. The molecular weight excluding hydrogens is 250 g/mol. The van der Waals surface area contributed by atoms with Gasteiger partial charge in [-0.25, -0.2) is 0 Å². The minimum Gasteiger partial charge on any atom is -0.496 e. The molecule has 104 valence electrons. The summed E-state index contributed by atoms with van der Waals surface area (Å²) in [5.41, 5.74) is 0.714. The van der Waals surface area contributed by atoms with Gasteiger partial charge in [0, 0.05) is 11.5 Å². The topological polar surface area (TPSA) is 50.1 Å². The fraction of sp³-hybridized carbons (Fsp3) is 0.529. The van der Waals surface area contributed by atoms with Gasteiger partial charge in [0.15, 0.2) is 5.78 Å². The van der Waals surface area contributed by atoms with Crippen LogP contribution in [0.25, 0.3) is 0 Å². The van der Waals surface area contributed by atoms with Gasteiger partial charge in [-0.2, -0.15) is 5.26 Å². The van der Waals surface area contributed by atoms with Crippen molar-refractivity contribution in [2.45, 2.75) is 31.6 Å². The highest BCUT2D eigenvalue weighted by atomic mass is 16.5. The van der Waals surface area contributed by atoms with E-state index in [0.717, 1.165) is 12.8 Å². The van der Waals surface area contributed by atoms with Crippen LogP contribution < -0.4 is 4.74 Å². The van der Waals surface area contributed by atoms with Crippen LogP contribution in [-0.2, 0) is 4.79 Å². The maximum atomic E-state index is 12.7. The van der Waals surface area contributed by atoms with Crippen LogP contribution in [0.1, 0.15) is 37.2 Å². The highest BCUT2D eigenvalue weighted by Crippen LogP contribution is 2.57. The van der Waals surface area contributed by atoms with Crippen LogP contribution in [0.4, 0.5) is 0 Å². The number of Topliss-reactive ketones (excluding diaryl/α,β-unsaturated/α-hetero) is 1. The average Bonchev–Trinajstić information content (AvgIpc) is 3.22. The summed E-state index contributed by atoms with van der Waals surface area (Å²) in [6.45, 7) is 0. The molecule has 0 bridgehead atoms. The molecule has 3 rings (SSSR count). The minimum atomic E-state index is -0.679. The van der Waals surface area contributed by atoms with Crippen molar-refractivity contribution in [3.05, 3.63) is 29.8 Å². The zero-order valence-electron chi connectivity index (χ0n) is 11.7. The standard InChI is InChI=1S/C17H19NO2/c1-20-15-9-5-4-6-11(15)14(10-18)17(19)16-12-7-2-3-8-13(12)16/h4-6,9,12-14,16H,2-3,7-8H2,1H3. The number of hydrogen-bond acceptors (Lipinski definition) is 3. The first-order valence-electron chi connectivity index (χ1n) is 7.34. The molecule has 3 heteroatoms. The molecule has 2 aliphatic carbocycles. The van der Waals surface area contributed by atoms with Crippen molar-refractivity contribution < 1.29 is 9.53 Å². The molecule has 0 N–H and O–H groups in total. The van der Waals surface area contributed by atoms with E-state index in [0.29, 0.717) is 23.1 Å². The van der Waals surface area contributed by atoms with Gasteiger partial charge in [0.05, 0.1) is 13.2 Å². The second-order valence-corrected chi connectivity index (χ2v) is 5.84. The largest absolute Gasteiger partial charge is 0.496 e. The molecule has 0 heterocycles. The fourth-order valence-electron chi connectivity index (χ4n) is 3.80. The summed E-state index contributed by atoms with van der Waals surface area (Å²) >= 11 is 0. The van der Waals surface area contributed by atoms with E-state index < -0.39 is 5.92 Å². The lowest BCUT2D eigenvalue weighted by molar-refractivity contribution is -0.121. The van der Waals surface area contributed by atoms with Gasteiger partial charge >= 0.3 is 0 Å². The van der Waals surface area contributed by atoms with Gasteiger partial charge in [-0.1, -0.05) is 31.0 Å². The molecule has 1 aromatic carbocycles. The van der Waals surface area contributed by atoms with E-state index >= 15 is 0 Å². The van der Waals surface area contributed by atoms with E-state index in [1.54, 1.807) is 7.11 Å². The lowest BCUT2D eigenvalue weighted by Gasteiger charge is -2.12. The number of hydrogen-bond donors (Lipinski definition) is 0. The number of fused-ring (bicyclic) bond motifs is 1. The van der Waals surface area contributed by atoms with Gasteiger partial charge in [-0.15, -0.1) is 0 Å². The first kappa shape index (κ1) is 13.2. The number of methoxy groups -OCH3 is 1. The molecule has 0 aliphatic heterocycles. The minimum absolute atomic E-state index is 0.105. The van der Waals surface area contributed by atoms with Gasteiger partial charge in [0.1, 0.15) is 11.7 Å². The predicted octanol–water partition coefficient (Wildman–Crippen LogP) is 3.31. The third-order valence-electron chi connectivity index (χ3n) is 4.85. The summed E-state index contributed by atoms with van der Waals surface area (Å²) in [6.07, 6.45) is 4.78. The number of benzene rings is 1. The SMILES string of the molecule is COc1ccccc1C(C#N)C(=O)C1C2CCCCC21. The average molecular weight is 269 g/mol. The van der Waals surface area contributed by atoms with Crippen molar-refractivity contribution in [1.29, 1.82) is 5.26 Å². The Morgan fingerprint density at radius 2 is 1.95 bits per heavy atom. The number of ether oxygens (including phenoxy) is 1. The normalized spacial score (nSPS) is 28.9. The number of rotatable bonds is 4. The summed E-state index contributed by atoms with van der Waals surface area (Å²) < 4.78 is 5.29. The Kier molecular flexibility index (Phi) is 3.48. The van der Waals surface area contributed by atoms with Gasteiger partial charge in [-0.3, -0.25) is 4.79 Å². The lowest BCUT2D eigenvalue weighted by atomic mass is 9.91. The zero-order chi connectivity index (χ0) is 14.1. The third-order valence-corrected chi connectivity index (χ3v) is 4.85. The van der Waals surface area contributed by atoms with Crippen LogP contribution in [0.2, 0.25) is 0 Å². The van der Waals surface area contributed by atoms with Gasteiger partial charge in [0.25, 0.3) is 0 Å². The van der Waals surface area contributed by atoms with Crippen LogP contribution in [0.5, 0.6) is 5.75 Å². The molecular formula is C17H19NO2. The predicted molar refractivity (Wildman–Crippen MR) is 75.3 cm³/mol. The molecule has 1 aromatic rings. The molecule has 0 spiro atoms. The quantitative estimate of drug-likeness (QED) is 0.842. The molecule has 0 radical (unpaired) electrons. The van der Waals surface area contributed by atoms with E-state index in [2.05, 4.69) is 6.07 Å². The maximum absolute atomic E-state index is 12.7. The van der Waals surface area contributed by atoms with E-state index in [-0.39, 0.29) is 11.7 Å². The molecule has 0 amide bonds. The molecule has 0 saturated heterocycles. The lowest BCUT2D eigenvalue weighted by Crippen LogP contribution is -2.15. The number of para-hydroxylation sites is 1. The summed E-state index contributed by atoms with van der Waals surface area (Å²) in [5, 5.41) is 9.45. The third kappa shape index (κ3) is 2.10. The van der Waals surface area contributed by atoms with Crippen molar-refractivity contribution in [2.24, 2.45) is 17.8 Å². The second kappa shape index (κ2) is 5.28. The fourth-order valence-corrected chi connectivity index (χ4v) is 3.80. The number of carbonyl (C=O) groups is 1. The summed E-state index contributed by atoms with van der Waals surface area (Å²) in [4.78, 5) is 12.7. The zero-order valence-corrected chi connectivity index (χ0v) is 11.7.